The summed E-state index contributed by atoms with van der Waals surface area (Å²) in [5, 5.41) is 10.1. The van der Waals surface area contributed by atoms with Crippen LogP contribution in [0.4, 0.5) is 0 Å². The zero-order valence-corrected chi connectivity index (χ0v) is 11.4. The zero-order chi connectivity index (χ0) is 12.1. The zero-order valence-electron chi connectivity index (χ0n) is 11.4. The van der Waals surface area contributed by atoms with Crippen molar-refractivity contribution in [3.8, 4) is 0 Å². The lowest BCUT2D eigenvalue weighted by Gasteiger charge is -2.38. The van der Waals surface area contributed by atoms with Crippen LogP contribution >= 0.6 is 0 Å². The summed E-state index contributed by atoms with van der Waals surface area (Å²) in [6, 6.07) is 0.559. The third-order valence-electron chi connectivity index (χ3n) is 4.22. The highest BCUT2D eigenvalue weighted by Crippen LogP contribution is 2.31. The van der Waals surface area contributed by atoms with Gasteiger partial charge < -0.3 is 5.11 Å². The number of aliphatic hydroxyl groups excluding tert-OH is 1. The fourth-order valence-corrected chi connectivity index (χ4v) is 3.30. The number of rotatable bonds is 4. The summed E-state index contributed by atoms with van der Waals surface area (Å²) in [5.74, 6) is 1.43. The van der Waals surface area contributed by atoms with Crippen molar-refractivity contribution in [2.45, 2.75) is 71.6 Å². The minimum Gasteiger partial charge on any atom is -0.378 e. The van der Waals surface area contributed by atoms with Crippen LogP contribution in [0.2, 0.25) is 0 Å². The highest BCUT2D eigenvalue weighted by atomic mass is 16.3. The second kappa shape index (κ2) is 6.61. The van der Waals surface area contributed by atoms with Gasteiger partial charge in [0.05, 0.1) is 0 Å². The van der Waals surface area contributed by atoms with Gasteiger partial charge in [0.1, 0.15) is 6.23 Å². The summed E-state index contributed by atoms with van der Waals surface area (Å²) in [7, 11) is 2.10. The van der Waals surface area contributed by atoms with Crippen LogP contribution in [-0.2, 0) is 0 Å². The standard InChI is InChI=1S/C14H29NO/c1-5-8-13(16)15(4)14-11(2)9-6-7-10-12(14)3/h11-14,16H,5-10H2,1-4H3. The second-order valence-corrected chi connectivity index (χ2v) is 5.66. The van der Waals surface area contributed by atoms with Crippen LogP contribution in [0.5, 0.6) is 0 Å². The largest absolute Gasteiger partial charge is 0.378 e. The SMILES string of the molecule is CCCC(O)N(C)C1C(C)CCCCC1C. The van der Waals surface area contributed by atoms with Crippen molar-refractivity contribution < 1.29 is 5.11 Å². The molecule has 3 unspecified atom stereocenters. The predicted molar refractivity (Wildman–Crippen MR) is 69.3 cm³/mol. The van der Waals surface area contributed by atoms with E-state index in [1.165, 1.54) is 25.7 Å². The first-order chi connectivity index (χ1) is 7.57. The molecule has 0 aromatic heterocycles. The van der Waals surface area contributed by atoms with E-state index >= 15 is 0 Å². The van der Waals surface area contributed by atoms with Gasteiger partial charge in [0.25, 0.3) is 0 Å². The molecule has 16 heavy (non-hydrogen) atoms. The van der Waals surface area contributed by atoms with Gasteiger partial charge in [-0.1, -0.05) is 40.0 Å². The Balaban J connectivity index is 2.65. The molecule has 3 atom stereocenters. The minimum atomic E-state index is -0.252. The Kier molecular flexibility index (Phi) is 5.77. The monoisotopic (exact) mass is 227 g/mol. The van der Waals surface area contributed by atoms with Crippen molar-refractivity contribution in [1.82, 2.24) is 4.90 Å². The Morgan fingerprint density at radius 1 is 1.19 bits per heavy atom. The van der Waals surface area contributed by atoms with Gasteiger partial charge in [0.15, 0.2) is 0 Å². The lowest BCUT2D eigenvalue weighted by atomic mass is 9.88. The number of nitrogens with zero attached hydrogens (tertiary/aromatic N) is 1. The van der Waals surface area contributed by atoms with E-state index < -0.39 is 0 Å². The molecule has 0 saturated heterocycles. The van der Waals surface area contributed by atoms with Crippen LogP contribution in [0.25, 0.3) is 0 Å². The average Bonchev–Trinajstić information content (AvgIpc) is 2.39. The molecule has 1 saturated carbocycles. The highest BCUT2D eigenvalue weighted by molar-refractivity contribution is 4.83. The normalized spacial score (nSPS) is 33.8. The second-order valence-electron chi connectivity index (χ2n) is 5.66. The third kappa shape index (κ3) is 3.46. The Hall–Kier alpha value is -0.0800. The van der Waals surface area contributed by atoms with Crippen LogP contribution < -0.4 is 0 Å². The maximum absolute atomic E-state index is 10.1. The van der Waals surface area contributed by atoms with Crippen molar-refractivity contribution in [1.29, 1.82) is 0 Å². The fraction of sp³-hybridized carbons (Fsp3) is 1.00. The first-order valence-electron chi connectivity index (χ1n) is 6.98. The quantitative estimate of drug-likeness (QED) is 0.588. The lowest BCUT2D eigenvalue weighted by Crippen LogP contribution is -2.46. The molecule has 0 heterocycles. The first kappa shape index (κ1) is 14.0. The van der Waals surface area contributed by atoms with Crippen molar-refractivity contribution in [2.75, 3.05) is 7.05 Å². The van der Waals surface area contributed by atoms with E-state index in [-0.39, 0.29) is 6.23 Å². The van der Waals surface area contributed by atoms with Gasteiger partial charge >= 0.3 is 0 Å². The minimum absolute atomic E-state index is 0.252. The average molecular weight is 227 g/mol. The van der Waals surface area contributed by atoms with E-state index in [9.17, 15) is 5.11 Å². The van der Waals surface area contributed by atoms with Crippen LogP contribution in [0.1, 0.15) is 59.3 Å². The van der Waals surface area contributed by atoms with Crippen molar-refractivity contribution >= 4 is 0 Å². The molecule has 1 fully saturated rings. The van der Waals surface area contributed by atoms with Crippen LogP contribution in [0.3, 0.4) is 0 Å². The molecule has 0 aromatic rings. The van der Waals surface area contributed by atoms with Gasteiger partial charge in [0.2, 0.25) is 0 Å². The molecule has 1 aliphatic rings. The molecule has 0 radical (unpaired) electrons. The Bertz CT molecular complexity index is 183. The van der Waals surface area contributed by atoms with Gasteiger partial charge in [-0.2, -0.15) is 0 Å². The maximum atomic E-state index is 10.1. The number of hydrogen-bond donors (Lipinski definition) is 1. The van der Waals surface area contributed by atoms with E-state index in [0.29, 0.717) is 17.9 Å². The van der Waals surface area contributed by atoms with E-state index in [1.807, 2.05) is 0 Å². The maximum Gasteiger partial charge on any atom is 0.107 e. The first-order valence-corrected chi connectivity index (χ1v) is 6.98. The molecule has 0 aromatic carbocycles. The molecular formula is C14H29NO. The highest BCUT2D eigenvalue weighted by Gasteiger charge is 2.31. The summed E-state index contributed by atoms with van der Waals surface area (Å²) in [6.07, 6.45) is 7.06. The molecule has 96 valence electrons. The van der Waals surface area contributed by atoms with Crippen LogP contribution in [0, 0.1) is 11.8 Å². The third-order valence-corrected chi connectivity index (χ3v) is 4.22. The molecule has 0 aliphatic heterocycles. The molecule has 0 spiro atoms. The van der Waals surface area contributed by atoms with Crippen molar-refractivity contribution in [3.63, 3.8) is 0 Å². The smallest absolute Gasteiger partial charge is 0.107 e. The van der Waals surface area contributed by atoms with Crippen LogP contribution in [0.15, 0.2) is 0 Å². The predicted octanol–water partition coefficient (Wildman–Crippen LogP) is 3.25. The summed E-state index contributed by atoms with van der Waals surface area (Å²) in [4.78, 5) is 2.23. The molecule has 1 N–H and O–H groups in total. The lowest BCUT2D eigenvalue weighted by molar-refractivity contribution is -0.0408. The molecule has 0 amide bonds. The van der Waals surface area contributed by atoms with Gasteiger partial charge in [-0.25, -0.2) is 0 Å². The van der Waals surface area contributed by atoms with E-state index in [0.717, 1.165) is 12.8 Å². The molecule has 1 aliphatic carbocycles. The summed E-state index contributed by atoms with van der Waals surface area (Å²) < 4.78 is 0. The van der Waals surface area contributed by atoms with E-state index in [2.05, 4.69) is 32.7 Å². The van der Waals surface area contributed by atoms with Gasteiger partial charge in [-0.15, -0.1) is 0 Å². The molecule has 2 heteroatoms. The Labute approximate surface area is 101 Å². The summed E-state index contributed by atoms with van der Waals surface area (Å²) in [5.41, 5.74) is 0. The Morgan fingerprint density at radius 3 is 2.12 bits per heavy atom. The topological polar surface area (TPSA) is 23.5 Å². The van der Waals surface area contributed by atoms with Crippen LogP contribution in [-0.4, -0.2) is 29.3 Å². The summed E-state index contributed by atoms with van der Waals surface area (Å²) in [6.45, 7) is 6.83. The fourth-order valence-electron chi connectivity index (χ4n) is 3.30. The van der Waals surface area contributed by atoms with Crippen molar-refractivity contribution in [3.05, 3.63) is 0 Å². The molecule has 1 rings (SSSR count). The van der Waals surface area contributed by atoms with Gasteiger partial charge in [-0.3, -0.25) is 4.90 Å². The molecule has 2 nitrogen and oxygen atoms in total. The van der Waals surface area contributed by atoms with E-state index in [4.69, 9.17) is 0 Å². The molecule has 0 bridgehead atoms. The van der Waals surface area contributed by atoms with Crippen molar-refractivity contribution in [2.24, 2.45) is 11.8 Å². The van der Waals surface area contributed by atoms with E-state index in [1.54, 1.807) is 0 Å². The summed E-state index contributed by atoms with van der Waals surface area (Å²) >= 11 is 0. The molecular weight excluding hydrogens is 198 g/mol. The van der Waals surface area contributed by atoms with Gasteiger partial charge in [-0.05, 0) is 38.1 Å². The number of aliphatic hydroxyl groups is 1. The Morgan fingerprint density at radius 2 is 1.69 bits per heavy atom. The van der Waals surface area contributed by atoms with Gasteiger partial charge in [0, 0.05) is 6.04 Å². The number of hydrogen-bond acceptors (Lipinski definition) is 2.